The van der Waals surface area contributed by atoms with Gasteiger partial charge in [0.2, 0.25) is 5.91 Å². The molecular weight excluding hydrogens is 504 g/mol. The van der Waals surface area contributed by atoms with E-state index in [0.29, 0.717) is 31.9 Å². The third kappa shape index (κ3) is 7.61. The summed E-state index contributed by atoms with van der Waals surface area (Å²) in [6.07, 6.45) is 12.9. The Balaban J connectivity index is 1.38. The van der Waals surface area contributed by atoms with E-state index >= 15 is 0 Å². The Kier molecular flexibility index (Phi) is 11.0. The molecule has 3 heterocycles. The van der Waals surface area contributed by atoms with Crippen molar-refractivity contribution in [1.82, 2.24) is 14.8 Å². The van der Waals surface area contributed by atoms with Crippen molar-refractivity contribution in [3.8, 4) is 0 Å². The number of β-lactam (4-membered cyclic amide) rings is 1. The lowest BCUT2D eigenvalue weighted by Crippen LogP contribution is -2.69. The molecule has 8 nitrogen and oxygen atoms in total. The van der Waals surface area contributed by atoms with Crippen molar-refractivity contribution in [3.63, 3.8) is 0 Å². The quantitative estimate of drug-likeness (QED) is 0.195. The molecule has 0 unspecified atom stereocenters. The van der Waals surface area contributed by atoms with E-state index in [4.69, 9.17) is 10.5 Å². The molecule has 0 bridgehead atoms. The van der Waals surface area contributed by atoms with E-state index in [9.17, 15) is 14.4 Å². The average Bonchev–Trinajstić information content (AvgIpc) is 2.98. The number of rotatable bonds is 13. The molecular formula is C32H44N4O4. The number of hydrogen-bond donors (Lipinski definition) is 1. The summed E-state index contributed by atoms with van der Waals surface area (Å²) in [5.74, 6) is -0.938. The first-order valence-electron chi connectivity index (χ1n) is 15.0. The van der Waals surface area contributed by atoms with Crippen LogP contribution < -0.4 is 5.73 Å². The molecule has 0 saturated carbocycles. The van der Waals surface area contributed by atoms with Crippen LogP contribution in [0, 0.1) is 5.92 Å². The average molecular weight is 549 g/mol. The lowest BCUT2D eigenvalue weighted by Gasteiger charge is -2.46. The zero-order chi connectivity index (χ0) is 28.3. The fraction of sp³-hybridized carbons (Fsp3) is 0.562. The normalized spacial score (nSPS) is 20.7. The van der Waals surface area contributed by atoms with Gasteiger partial charge >= 0.3 is 12.0 Å². The standard InChI is InChI=1S/C32H44N4O4/c1-2-3-4-5-6-7-8-12-20-40-31(38)29-27(21-24-17-18-34-28(33)22-24)30(37)36(29)32(39)35-19-13-16-26(23-35)25-14-10-9-11-15-25/h9-11,14-15,17-18,22,26-27,29H,2-8,12-13,16,19-21,23H2,1H3,(H2,33,34)/t26-,27+,29-/m0/s1. The molecule has 0 aliphatic carbocycles. The Bertz CT molecular complexity index is 1120. The number of urea groups is 1. The van der Waals surface area contributed by atoms with E-state index in [1.807, 2.05) is 18.2 Å². The number of aromatic nitrogens is 1. The van der Waals surface area contributed by atoms with Gasteiger partial charge in [-0.3, -0.25) is 4.79 Å². The van der Waals surface area contributed by atoms with Gasteiger partial charge in [0.1, 0.15) is 5.82 Å². The van der Waals surface area contributed by atoms with Gasteiger partial charge in [0.05, 0.1) is 12.5 Å². The first-order valence-corrected chi connectivity index (χ1v) is 15.0. The lowest BCUT2D eigenvalue weighted by molar-refractivity contribution is -0.170. The Morgan fingerprint density at radius 1 is 1.02 bits per heavy atom. The number of amides is 3. The number of imide groups is 1. The maximum atomic E-state index is 13.7. The van der Waals surface area contributed by atoms with Gasteiger partial charge < -0.3 is 15.4 Å². The van der Waals surface area contributed by atoms with E-state index in [2.05, 4.69) is 24.0 Å². The number of carbonyl (C=O) groups is 3. The molecule has 2 N–H and O–H groups in total. The third-order valence-electron chi connectivity index (χ3n) is 8.17. The van der Waals surface area contributed by atoms with Gasteiger partial charge in [-0.2, -0.15) is 0 Å². The van der Waals surface area contributed by atoms with Gasteiger partial charge in [-0.1, -0.05) is 82.2 Å². The Hall–Kier alpha value is -3.42. The SMILES string of the molecule is CCCCCCCCCCOC(=O)[C@@H]1[C@@H](Cc2ccnc(N)c2)C(=O)N1C(=O)N1CCC[C@H](c2ccccc2)C1. The molecule has 8 heteroatoms. The topological polar surface area (TPSA) is 106 Å². The molecule has 2 fully saturated rings. The molecule has 40 heavy (non-hydrogen) atoms. The number of anilines is 1. The number of likely N-dealkylation sites (tertiary alicyclic amines) is 2. The van der Waals surface area contributed by atoms with Crippen LogP contribution in [0.2, 0.25) is 0 Å². The second-order valence-corrected chi connectivity index (χ2v) is 11.2. The van der Waals surface area contributed by atoms with Crippen LogP contribution in [-0.4, -0.2) is 58.4 Å². The van der Waals surface area contributed by atoms with Crippen LogP contribution in [0.4, 0.5) is 10.6 Å². The molecule has 4 rings (SSSR count). The van der Waals surface area contributed by atoms with Crippen LogP contribution >= 0.6 is 0 Å². The fourth-order valence-electron chi connectivity index (χ4n) is 5.90. The molecule has 2 saturated heterocycles. The predicted octanol–water partition coefficient (Wildman–Crippen LogP) is 5.72. The number of piperidine rings is 1. The van der Waals surface area contributed by atoms with Crippen LogP contribution in [0.5, 0.6) is 0 Å². The zero-order valence-electron chi connectivity index (χ0n) is 23.8. The first-order chi connectivity index (χ1) is 19.5. The summed E-state index contributed by atoms with van der Waals surface area (Å²) in [5, 5.41) is 0. The largest absolute Gasteiger partial charge is 0.464 e. The van der Waals surface area contributed by atoms with Gasteiger partial charge in [-0.15, -0.1) is 0 Å². The summed E-state index contributed by atoms with van der Waals surface area (Å²) in [5.41, 5.74) is 7.83. The predicted molar refractivity (Wildman–Crippen MR) is 155 cm³/mol. The number of benzene rings is 1. The number of pyridine rings is 1. The molecule has 3 atom stereocenters. The zero-order valence-corrected chi connectivity index (χ0v) is 23.8. The molecule has 3 amide bonds. The summed E-state index contributed by atoms with van der Waals surface area (Å²) in [6.45, 7) is 3.61. The Morgan fingerprint density at radius 3 is 2.48 bits per heavy atom. The number of esters is 1. The van der Waals surface area contributed by atoms with E-state index in [-0.39, 0.29) is 11.8 Å². The molecule has 2 aromatic rings. The molecule has 2 aliphatic heterocycles. The number of carbonyl (C=O) groups excluding carboxylic acids is 3. The van der Waals surface area contributed by atoms with Crippen molar-refractivity contribution < 1.29 is 19.1 Å². The second-order valence-electron chi connectivity index (χ2n) is 11.2. The van der Waals surface area contributed by atoms with Crippen molar-refractivity contribution in [3.05, 3.63) is 59.8 Å². The van der Waals surface area contributed by atoms with Gasteiger partial charge in [0, 0.05) is 25.2 Å². The molecule has 0 spiro atoms. The highest BCUT2D eigenvalue weighted by Gasteiger charge is 2.56. The summed E-state index contributed by atoms with van der Waals surface area (Å²) >= 11 is 0. The van der Waals surface area contributed by atoms with Crippen LogP contribution in [-0.2, 0) is 20.7 Å². The fourth-order valence-corrected chi connectivity index (χ4v) is 5.90. The maximum absolute atomic E-state index is 13.7. The highest BCUT2D eigenvalue weighted by Crippen LogP contribution is 2.34. The smallest absolute Gasteiger partial charge is 0.330 e. The summed E-state index contributed by atoms with van der Waals surface area (Å²) in [7, 11) is 0. The Labute approximate surface area is 238 Å². The van der Waals surface area contributed by atoms with E-state index < -0.39 is 24.0 Å². The van der Waals surface area contributed by atoms with Crippen molar-refractivity contribution >= 4 is 23.7 Å². The van der Waals surface area contributed by atoms with Crippen LogP contribution in [0.15, 0.2) is 48.7 Å². The van der Waals surface area contributed by atoms with E-state index in [1.54, 1.807) is 23.2 Å². The van der Waals surface area contributed by atoms with E-state index in [1.165, 1.54) is 37.7 Å². The minimum atomic E-state index is -0.930. The number of unbranched alkanes of at least 4 members (excludes halogenated alkanes) is 7. The van der Waals surface area contributed by atoms with Gasteiger partial charge in [-0.25, -0.2) is 19.5 Å². The van der Waals surface area contributed by atoms with Crippen LogP contribution in [0.3, 0.4) is 0 Å². The highest BCUT2D eigenvalue weighted by molar-refractivity contribution is 6.08. The van der Waals surface area contributed by atoms with Crippen molar-refractivity contribution in [2.24, 2.45) is 5.92 Å². The van der Waals surface area contributed by atoms with Gasteiger partial charge in [-0.05, 0) is 48.9 Å². The number of ether oxygens (including phenoxy) is 1. The molecule has 2 aliphatic rings. The van der Waals surface area contributed by atoms with Gasteiger partial charge in [0.15, 0.2) is 6.04 Å². The van der Waals surface area contributed by atoms with Crippen molar-refractivity contribution in [1.29, 1.82) is 0 Å². The summed E-state index contributed by atoms with van der Waals surface area (Å²) in [6, 6.07) is 12.3. The highest BCUT2D eigenvalue weighted by atomic mass is 16.5. The monoisotopic (exact) mass is 548 g/mol. The Morgan fingerprint density at radius 2 is 1.75 bits per heavy atom. The maximum Gasteiger partial charge on any atom is 0.330 e. The number of hydrogen-bond acceptors (Lipinski definition) is 6. The second kappa shape index (κ2) is 14.8. The van der Waals surface area contributed by atoms with Crippen molar-refractivity contribution in [2.45, 2.75) is 89.5 Å². The first kappa shape index (κ1) is 29.6. The molecule has 0 radical (unpaired) electrons. The lowest BCUT2D eigenvalue weighted by atomic mass is 9.82. The molecule has 1 aromatic carbocycles. The minimum Gasteiger partial charge on any atom is -0.464 e. The van der Waals surface area contributed by atoms with Gasteiger partial charge in [0.25, 0.3) is 0 Å². The molecule has 216 valence electrons. The number of nitrogen functional groups attached to an aromatic ring is 1. The van der Waals surface area contributed by atoms with Crippen molar-refractivity contribution in [2.75, 3.05) is 25.4 Å². The van der Waals surface area contributed by atoms with Crippen LogP contribution in [0.25, 0.3) is 0 Å². The summed E-state index contributed by atoms with van der Waals surface area (Å²) in [4.78, 5) is 47.2. The van der Waals surface area contributed by atoms with Crippen LogP contribution in [0.1, 0.15) is 88.2 Å². The third-order valence-corrected chi connectivity index (χ3v) is 8.17. The number of nitrogens with zero attached hydrogens (tertiary/aromatic N) is 3. The number of nitrogens with two attached hydrogens (primary N) is 1. The summed E-state index contributed by atoms with van der Waals surface area (Å²) < 4.78 is 5.65. The molecule has 1 aromatic heterocycles. The van der Waals surface area contributed by atoms with E-state index in [0.717, 1.165) is 42.6 Å². The minimum absolute atomic E-state index is 0.207.